The number of benzene rings is 2. The molecule has 1 amide bonds. The molecule has 2 aromatic carbocycles. The smallest absolute Gasteiger partial charge is 0.394 e. The summed E-state index contributed by atoms with van der Waals surface area (Å²) in [5.41, 5.74) is 1.65. The molecular formula is C21H17Cl2F3N4O2. The lowest BCUT2D eigenvalue weighted by molar-refractivity contribution is -0.115. The number of alkyl halides is 3. The minimum absolute atomic E-state index is 0.140. The van der Waals surface area contributed by atoms with Crippen molar-refractivity contribution in [3.8, 4) is 11.3 Å². The van der Waals surface area contributed by atoms with Crippen molar-refractivity contribution in [3.05, 3.63) is 75.9 Å². The monoisotopic (exact) mass is 484 g/mol. The van der Waals surface area contributed by atoms with Crippen molar-refractivity contribution < 1.29 is 23.1 Å². The molecule has 0 unspecified atom stereocenters. The highest BCUT2D eigenvalue weighted by atomic mass is 35.5. The molecule has 3 N–H and O–H groups in total. The van der Waals surface area contributed by atoms with Gasteiger partial charge in [-0.05, 0) is 29.8 Å². The van der Waals surface area contributed by atoms with Gasteiger partial charge in [-0.25, -0.2) is 9.97 Å². The van der Waals surface area contributed by atoms with Gasteiger partial charge < -0.3 is 15.7 Å². The lowest BCUT2D eigenvalue weighted by Gasteiger charge is -2.17. The van der Waals surface area contributed by atoms with Crippen molar-refractivity contribution in [2.24, 2.45) is 0 Å². The van der Waals surface area contributed by atoms with Crippen LogP contribution in [0.4, 0.5) is 19.1 Å². The zero-order valence-corrected chi connectivity index (χ0v) is 17.8. The van der Waals surface area contributed by atoms with Crippen LogP contribution in [0.2, 0.25) is 10.0 Å². The minimum atomic E-state index is -4.42. The third-order valence-electron chi connectivity index (χ3n) is 4.35. The Morgan fingerprint density at radius 3 is 2.47 bits per heavy atom. The highest BCUT2D eigenvalue weighted by Gasteiger charge is 2.27. The average molecular weight is 485 g/mol. The van der Waals surface area contributed by atoms with Crippen molar-refractivity contribution in [2.45, 2.75) is 12.2 Å². The normalized spacial score (nSPS) is 12.3. The van der Waals surface area contributed by atoms with Crippen LogP contribution in [0.5, 0.6) is 0 Å². The van der Waals surface area contributed by atoms with Gasteiger partial charge in [-0.2, -0.15) is 13.2 Å². The number of carbonyl (C=O) groups is 1. The number of aliphatic hydroxyl groups is 1. The standard InChI is InChI=1S/C21H17Cl2F3N4O2/c22-15-3-1-2-14(8-15)17(10-31)29-19(32)13-6-4-12(5-7-13)18-16(23)9-27-20(30-18)28-11-21(24,25)26/h1-9,17,31H,10-11H2,(H,29,32)(H,27,28,30)/t17-/m1/s1. The molecule has 1 heterocycles. The number of nitrogens with zero attached hydrogens (tertiary/aromatic N) is 2. The van der Waals surface area contributed by atoms with Crippen LogP contribution in [-0.2, 0) is 0 Å². The molecule has 168 valence electrons. The van der Waals surface area contributed by atoms with Gasteiger partial charge in [0, 0.05) is 16.1 Å². The number of amides is 1. The van der Waals surface area contributed by atoms with Crippen LogP contribution < -0.4 is 10.6 Å². The number of carbonyl (C=O) groups excluding carboxylic acids is 1. The fourth-order valence-electron chi connectivity index (χ4n) is 2.81. The molecule has 1 atom stereocenters. The molecule has 11 heteroatoms. The molecule has 0 radical (unpaired) electrons. The van der Waals surface area contributed by atoms with E-state index in [0.29, 0.717) is 21.7 Å². The van der Waals surface area contributed by atoms with E-state index in [0.717, 1.165) is 0 Å². The molecule has 0 saturated heterocycles. The molecule has 3 rings (SSSR count). The van der Waals surface area contributed by atoms with Crippen LogP contribution in [0.15, 0.2) is 54.7 Å². The maximum atomic E-state index is 12.6. The zero-order valence-electron chi connectivity index (χ0n) is 16.3. The summed E-state index contributed by atoms with van der Waals surface area (Å²) in [6.07, 6.45) is -3.23. The van der Waals surface area contributed by atoms with Gasteiger partial charge in [-0.3, -0.25) is 4.79 Å². The van der Waals surface area contributed by atoms with Gasteiger partial charge in [0.25, 0.3) is 5.91 Å². The summed E-state index contributed by atoms with van der Waals surface area (Å²) in [5.74, 6) is -0.659. The van der Waals surface area contributed by atoms with E-state index in [4.69, 9.17) is 23.2 Å². The van der Waals surface area contributed by atoms with E-state index < -0.39 is 24.7 Å². The Balaban J connectivity index is 1.75. The number of nitrogens with one attached hydrogen (secondary N) is 2. The molecule has 1 aromatic heterocycles. The van der Waals surface area contributed by atoms with Gasteiger partial charge in [-0.15, -0.1) is 0 Å². The number of aromatic nitrogens is 2. The van der Waals surface area contributed by atoms with Crippen molar-refractivity contribution in [3.63, 3.8) is 0 Å². The van der Waals surface area contributed by atoms with E-state index in [-0.39, 0.29) is 23.3 Å². The van der Waals surface area contributed by atoms with E-state index in [9.17, 15) is 23.1 Å². The summed E-state index contributed by atoms with van der Waals surface area (Å²) in [6.45, 7) is -1.61. The number of hydrogen-bond donors (Lipinski definition) is 3. The highest BCUT2D eigenvalue weighted by Crippen LogP contribution is 2.27. The van der Waals surface area contributed by atoms with Crippen molar-refractivity contribution in [2.75, 3.05) is 18.5 Å². The molecular weight excluding hydrogens is 468 g/mol. The van der Waals surface area contributed by atoms with Gasteiger partial charge in [0.1, 0.15) is 6.54 Å². The van der Waals surface area contributed by atoms with E-state index >= 15 is 0 Å². The van der Waals surface area contributed by atoms with E-state index in [1.54, 1.807) is 36.4 Å². The first kappa shape index (κ1) is 23.8. The Hall–Kier alpha value is -2.88. The molecule has 32 heavy (non-hydrogen) atoms. The number of anilines is 1. The second kappa shape index (κ2) is 10.2. The number of halogens is 5. The fraction of sp³-hybridized carbons (Fsp3) is 0.190. The Kier molecular flexibility index (Phi) is 7.55. The molecule has 0 aliphatic carbocycles. The van der Waals surface area contributed by atoms with Crippen molar-refractivity contribution >= 4 is 35.1 Å². The molecule has 3 aromatic rings. The second-order valence-corrected chi connectivity index (χ2v) is 7.54. The molecule has 0 aliphatic rings. The predicted octanol–water partition coefficient (Wildman–Crippen LogP) is 4.89. The average Bonchev–Trinajstić information content (AvgIpc) is 2.76. The highest BCUT2D eigenvalue weighted by molar-refractivity contribution is 6.33. The van der Waals surface area contributed by atoms with Gasteiger partial charge in [0.15, 0.2) is 0 Å². The summed E-state index contributed by atoms with van der Waals surface area (Å²) in [7, 11) is 0. The van der Waals surface area contributed by atoms with Crippen LogP contribution in [0.3, 0.4) is 0 Å². The summed E-state index contributed by atoms with van der Waals surface area (Å²) in [4.78, 5) is 20.4. The summed E-state index contributed by atoms with van der Waals surface area (Å²) in [5, 5.41) is 15.1. The van der Waals surface area contributed by atoms with Gasteiger partial charge in [0.2, 0.25) is 5.95 Å². The molecule has 6 nitrogen and oxygen atoms in total. The largest absolute Gasteiger partial charge is 0.405 e. The second-order valence-electron chi connectivity index (χ2n) is 6.70. The van der Waals surface area contributed by atoms with Crippen molar-refractivity contribution in [1.82, 2.24) is 15.3 Å². The summed E-state index contributed by atoms with van der Waals surface area (Å²) < 4.78 is 37.2. The van der Waals surface area contributed by atoms with Crippen LogP contribution in [0, 0.1) is 0 Å². The number of aliphatic hydroxyl groups excluding tert-OH is 1. The Labute approximate surface area is 191 Å². The van der Waals surface area contributed by atoms with Crippen LogP contribution >= 0.6 is 23.2 Å². The van der Waals surface area contributed by atoms with E-state index in [2.05, 4.69) is 20.6 Å². The van der Waals surface area contributed by atoms with Crippen LogP contribution in [-0.4, -0.2) is 40.3 Å². The predicted molar refractivity (Wildman–Crippen MR) is 116 cm³/mol. The lowest BCUT2D eigenvalue weighted by atomic mass is 10.1. The zero-order chi connectivity index (χ0) is 23.3. The molecule has 0 aliphatic heterocycles. The number of rotatable bonds is 7. The Morgan fingerprint density at radius 1 is 1.12 bits per heavy atom. The third kappa shape index (κ3) is 6.32. The van der Waals surface area contributed by atoms with Crippen LogP contribution in [0.1, 0.15) is 22.0 Å². The van der Waals surface area contributed by atoms with Gasteiger partial charge >= 0.3 is 6.18 Å². The summed E-state index contributed by atoms with van der Waals surface area (Å²) in [6, 6.07) is 12.3. The Morgan fingerprint density at radius 2 is 1.84 bits per heavy atom. The molecule has 0 saturated carbocycles. The van der Waals surface area contributed by atoms with E-state index in [1.165, 1.54) is 18.3 Å². The maximum absolute atomic E-state index is 12.6. The van der Waals surface area contributed by atoms with Crippen LogP contribution in [0.25, 0.3) is 11.3 Å². The van der Waals surface area contributed by atoms with Gasteiger partial charge in [-0.1, -0.05) is 47.5 Å². The first-order chi connectivity index (χ1) is 15.2. The first-order valence-electron chi connectivity index (χ1n) is 9.27. The topological polar surface area (TPSA) is 87.1 Å². The maximum Gasteiger partial charge on any atom is 0.405 e. The quantitative estimate of drug-likeness (QED) is 0.444. The molecule has 0 bridgehead atoms. The Bertz CT molecular complexity index is 1100. The third-order valence-corrected chi connectivity index (χ3v) is 4.86. The van der Waals surface area contributed by atoms with Crippen molar-refractivity contribution in [1.29, 1.82) is 0 Å². The fourth-order valence-corrected chi connectivity index (χ4v) is 3.21. The SMILES string of the molecule is O=C(N[C@H](CO)c1cccc(Cl)c1)c1ccc(-c2nc(NCC(F)(F)F)ncc2Cl)cc1. The molecule has 0 fully saturated rings. The summed E-state index contributed by atoms with van der Waals surface area (Å²) >= 11 is 12.1. The van der Waals surface area contributed by atoms with E-state index in [1.807, 2.05) is 0 Å². The molecule has 0 spiro atoms. The minimum Gasteiger partial charge on any atom is -0.394 e. The lowest BCUT2D eigenvalue weighted by Crippen LogP contribution is -2.30. The van der Waals surface area contributed by atoms with Gasteiger partial charge in [0.05, 0.1) is 29.6 Å². The number of hydrogen-bond acceptors (Lipinski definition) is 5. The first-order valence-corrected chi connectivity index (χ1v) is 10.0.